The zero-order valence-corrected chi connectivity index (χ0v) is 13.1. The Hall–Kier alpha value is -2.94. The van der Waals surface area contributed by atoms with E-state index in [0.717, 1.165) is 29.3 Å². The summed E-state index contributed by atoms with van der Waals surface area (Å²) in [5.74, 6) is 0.954. The van der Waals surface area contributed by atoms with Crippen molar-refractivity contribution in [3.63, 3.8) is 0 Å². The number of rotatable bonds is 5. The van der Waals surface area contributed by atoms with Crippen molar-refractivity contribution in [2.75, 3.05) is 11.4 Å². The second-order valence-corrected chi connectivity index (χ2v) is 5.11. The molecule has 0 saturated carbocycles. The third-order valence-corrected chi connectivity index (χ3v) is 3.57. The second-order valence-electron chi connectivity index (χ2n) is 5.11. The van der Waals surface area contributed by atoms with Gasteiger partial charge in [-0.2, -0.15) is 0 Å². The number of hydrogen-bond donors (Lipinski definition) is 0. The summed E-state index contributed by atoms with van der Waals surface area (Å²) in [5, 5.41) is 0. The van der Waals surface area contributed by atoms with Crippen molar-refractivity contribution < 1.29 is 0 Å². The minimum absolute atomic E-state index is 0.870. The summed E-state index contributed by atoms with van der Waals surface area (Å²) in [6.07, 6.45) is 7.65. The third-order valence-electron chi connectivity index (χ3n) is 3.57. The van der Waals surface area contributed by atoms with Crippen molar-refractivity contribution >= 4 is 23.7 Å². The summed E-state index contributed by atoms with van der Waals surface area (Å²) in [6, 6.07) is 20.4. The lowest BCUT2D eigenvalue weighted by molar-refractivity contribution is 0.987. The molecule has 3 rings (SSSR count). The van der Waals surface area contributed by atoms with Crippen LogP contribution in [0, 0.1) is 0 Å². The number of para-hydroxylation sites is 1. The highest BCUT2D eigenvalue weighted by Gasteiger charge is 2.07. The molecule has 0 spiro atoms. The highest BCUT2D eigenvalue weighted by Crippen LogP contribution is 2.23. The molecule has 0 amide bonds. The highest BCUT2D eigenvalue weighted by atomic mass is 15.2. The van der Waals surface area contributed by atoms with Gasteiger partial charge in [0, 0.05) is 24.6 Å². The number of benzene rings is 1. The highest BCUT2D eigenvalue weighted by molar-refractivity contribution is 5.69. The molecule has 0 fully saturated rings. The van der Waals surface area contributed by atoms with Crippen LogP contribution >= 0.6 is 0 Å². The van der Waals surface area contributed by atoms with Gasteiger partial charge in [0.2, 0.25) is 0 Å². The molecule has 3 aromatic rings. The minimum atomic E-state index is 0.870. The van der Waals surface area contributed by atoms with E-state index in [1.54, 1.807) is 12.4 Å². The van der Waals surface area contributed by atoms with Crippen LogP contribution in [0.15, 0.2) is 73.1 Å². The molecule has 3 heteroatoms. The topological polar surface area (TPSA) is 29.0 Å². The summed E-state index contributed by atoms with van der Waals surface area (Å²) < 4.78 is 0. The van der Waals surface area contributed by atoms with E-state index in [4.69, 9.17) is 4.98 Å². The lowest BCUT2D eigenvalue weighted by Crippen LogP contribution is -2.17. The van der Waals surface area contributed by atoms with Gasteiger partial charge in [-0.05, 0) is 55.0 Å². The van der Waals surface area contributed by atoms with Crippen molar-refractivity contribution in [2.45, 2.75) is 6.92 Å². The van der Waals surface area contributed by atoms with Crippen molar-refractivity contribution in [3.8, 4) is 0 Å². The van der Waals surface area contributed by atoms with Gasteiger partial charge in [-0.25, -0.2) is 4.98 Å². The normalized spacial score (nSPS) is 10.8. The lowest BCUT2D eigenvalue weighted by Gasteiger charge is -2.22. The fraction of sp³-hybridized carbons (Fsp3) is 0.100. The van der Waals surface area contributed by atoms with E-state index < -0.39 is 0 Å². The van der Waals surface area contributed by atoms with Crippen LogP contribution < -0.4 is 4.90 Å². The molecule has 0 saturated heterocycles. The average Bonchev–Trinajstić information content (AvgIpc) is 2.63. The summed E-state index contributed by atoms with van der Waals surface area (Å²) in [4.78, 5) is 11.0. The fourth-order valence-corrected chi connectivity index (χ4v) is 2.42. The summed E-state index contributed by atoms with van der Waals surface area (Å²) in [7, 11) is 0. The summed E-state index contributed by atoms with van der Waals surface area (Å²) >= 11 is 0. The number of nitrogens with zero attached hydrogens (tertiary/aromatic N) is 3. The Morgan fingerprint density at radius 1 is 0.870 bits per heavy atom. The van der Waals surface area contributed by atoms with Crippen LogP contribution in [0.1, 0.15) is 18.2 Å². The molecule has 1 aromatic carbocycles. The van der Waals surface area contributed by atoms with Crippen molar-refractivity contribution in [1.29, 1.82) is 0 Å². The predicted molar refractivity (Wildman–Crippen MR) is 96.5 cm³/mol. The van der Waals surface area contributed by atoms with Crippen molar-refractivity contribution in [2.24, 2.45) is 0 Å². The van der Waals surface area contributed by atoms with Crippen LogP contribution in [-0.2, 0) is 0 Å². The predicted octanol–water partition coefficient (Wildman–Crippen LogP) is 4.81. The first-order valence-corrected chi connectivity index (χ1v) is 7.74. The Kier molecular flexibility index (Phi) is 4.79. The molecule has 2 aromatic heterocycles. The quantitative estimate of drug-likeness (QED) is 0.677. The monoisotopic (exact) mass is 301 g/mol. The standard InChI is InChI=1S/C20H19N3/c1-2-23(19-8-4-3-5-9-19)20-10-6-7-18(22-20)12-11-17-13-15-21-16-14-17/h3-16H,2H2,1H3/b12-11+. The molecule has 0 aliphatic heterocycles. The number of pyridine rings is 2. The van der Waals surface area contributed by atoms with E-state index in [1.165, 1.54) is 0 Å². The largest absolute Gasteiger partial charge is 0.327 e. The maximum absolute atomic E-state index is 4.76. The molecular weight excluding hydrogens is 282 g/mol. The SMILES string of the molecule is CCN(c1ccccc1)c1cccc(/C=C/c2ccncc2)n1. The van der Waals surface area contributed by atoms with Gasteiger partial charge in [-0.15, -0.1) is 0 Å². The van der Waals surface area contributed by atoms with Gasteiger partial charge in [-0.3, -0.25) is 4.98 Å². The molecule has 0 bridgehead atoms. The molecule has 0 aliphatic rings. The van der Waals surface area contributed by atoms with Gasteiger partial charge in [0.1, 0.15) is 5.82 Å². The van der Waals surface area contributed by atoms with E-state index in [1.807, 2.05) is 60.7 Å². The van der Waals surface area contributed by atoms with E-state index >= 15 is 0 Å². The minimum Gasteiger partial charge on any atom is -0.327 e. The van der Waals surface area contributed by atoms with Crippen LogP contribution in [0.3, 0.4) is 0 Å². The van der Waals surface area contributed by atoms with Crippen LogP contribution in [0.5, 0.6) is 0 Å². The van der Waals surface area contributed by atoms with Gasteiger partial charge in [0.25, 0.3) is 0 Å². The fourth-order valence-electron chi connectivity index (χ4n) is 2.42. The van der Waals surface area contributed by atoms with Gasteiger partial charge in [0.05, 0.1) is 5.69 Å². The molecular formula is C20H19N3. The van der Waals surface area contributed by atoms with Crippen LogP contribution in [0.2, 0.25) is 0 Å². The zero-order chi connectivity index (χ0) is 15.9. The Balaban J connectivity index is 1.86. The van der Waals surface area contributed by atoms with E-state index in [2.05, 4.69) is 28.9 Å². The van der Waals surface area contributed by atoms with Crippen LogP contribution in [-0.4, -0.2) is 16.5 Å². The Bertz CT molecular complexity index is 767. The summed E-state index contributed by atoms with van der Waals surface area (Å²) in [6.45, 7) is 3.00. The van der Waals surface area contributed by atoms with Gasteiger partial charge in [-0.1, -0.05) is 30.3 Å². The molecule has 0 radical (unpaired) electrons. The Morgan fingerprint density at radius 2 is 1.65 bits per heavy atom. The van der Waals surface area contributed by atoms with Crippen molar-refractivity contribution in [3.05, 3.63) is 84.3 Å². The van der Waals surface area contributed by atoms with E-state index in [9.17, 15) is 0 Å². The third kappa shape index (κ3) is 3.83. The zero-order valence-electron chi connectivity index (χ0n) is 13.1. The van der Waals surface area contributed by atoms with Crippen LogP contribution in [0.4, 0.5) is 11.5 Å². The molecule has 3 nitrogen and oxygen atoms in total. The first-order valence-electron chi connectivity index (χ1n) is 7.74. The van der Waals surface area contributed by atoms with E-state index in [0.29, 0.717) is 0 Å². The average molecular weight is 301 g/mol. The molecule has 0 unspecified atom stereocenters. The maximum atomic E-state index is 4.76. The molecule has 114 valence electrons. The lowest BCUT2D eigenvalue weighted by atomic mass is 10.2. The van der Waals surface area contributed by atoms with Gasteiger partial charge >= 0.3 is 0 Å². The van der Waals surface area contributed by atoms with E-state index in [-0.39, 0.29) is 0 Å². The van der Waals surface area contributed by atoms with Gasteiger partial charge in [0.15, 0.2) is 0 Å². The number of aromatic nitrogens is 2. The van der Waals surface area contributed by atoms with Crippen molar-refractivity contribution in [1.82, 2.24) is 9.97 Å². The molecule has 0 atom stereocenters. The number of hydrogen-bond acceptors (Lipinski definition) is 3. The first kappa shape index (κ1) is 15.0. The van der Waals surface area contributed by atoms with Gasteiger partial charge < -0.3 is 4.90 Å². The molecule has 0 aliphatic carbocycles. The smallest absolute Gasteiger partial charge is 0.133 e. The summed E-state index contributed by atoms with van der Waals surface area (Å²) in [5.41, 5.74) is 3.20. The molecule has 2 heterocycles. The second kappa shape index (κ2) is 7.36. The molecule has 23 heavy (non-hydrogen) atoms. The Morgan fingerprint density at radius 3 is 2.39 bits per heavy atom. The molecule has 0 N–H and O–H groups in total. The Labute approximate surface area is 137 Å². The number of anilines is 2. The maximum Gasteiger partial charge on any atom is 0.133 e. The van der Waals surface area contributed by atoms with Crippen LogP contribution in [0.25, 0.3) is 12.2 Å². The first-order chi connectivity index (χ1) is 11.4.